The van der Waals surface area contributed by atoms with Crippen molar-refractivity contribution in [1.82, 2.24) is 15.3 Å². The van der Waals surface area contributed by atoms with E-state index in [1.165, 1.54) is 7.05 Å². The third kappa shape index (κ3) is 3.23. The number of nitrogens with zero attached hydrogens (tertiary/aromatic N) is 1. The highest BCUT2D eigenvalue weighted by Crippen LogP contribution is 2.39. The molecule has 28 heavy (non-hydrogen) atoms. The summed E-state index contributed by atoms with van der Waals surface area (Å²) in [5.74, 6) is 1.61. The zero-order valence-electron chi connectivity index (χ0n) is 15.5. The molecule has 0 radical (unpaired) electrons. The zero-order chi connectivity index (χ0) is 19.5. The van der Waals surface area contributed by atoms with Crippen molar-refractivity contribution in [3.8, 4) is 17.4 Å². The number of aromatic amines is 1. The third-order valence-electron chi connectivity index (χ3n) is 4.34. The maximum atomic E-state index is 11.7. The van der Waals surface area contributed by atoms with Crippen LogP contribution in [-0.4, -0.2) is 30.2 Å². The van der Waals surface area contributed by atoms with E-state index in [-0.39, 0.29) is 12.5 Å². The monoisotopic (exact) mass is 377 g/mol. The molecule has 0 aliphatic carbocycles. The van der Waals surface area contributed by atoms with Crippen LogP contribution in [0.1, 0.15) is 5.56 Å². The van der Waals surface area contributed by atoms with Crippen LogP contribution in [0.4, 0.5) is 4.79 Å². The van der Waals surface area contributed by atoms with Crippen LogP contribution in [0.5, 0.6) is 17.4 Å². The second-order valence-electron chi connectivity index (χ2n) is 6.12. The summed E-state index contributed by atoms with van der Waals surface area (Å²) in [7, 11) is 3.08. The lowest BCUT2D eigenvalue weighted by molar-refractivity contribution is 0.178. The van der Waals surface area contributed by atoms with Crippen molar-refractivity contribution >= 4 is 27.9 Å². The van der Waals surface area contributed by atoms with Gasteiger partial charge in [-0.15, -0.1) is 0 Å². The zero-order valence-corrected chi connectivity index (χ0v) is 15.5. The van der Waals surface area contributed by atoms with E-state index in [1.54, 1.807) is 13.3 Å². The van der Waals surface area contributed by atoms with E-state index >= 15 is 0 Å². The highest BCUT2D eigenvalue weighted by atomic mass is 16.6. The highest BCUT2D eigenvalue weighted by Gasteiger charge is 2.20. The summed E-state index contributed by atoms with van der Waals surface area (Å²) in [4.78, 5) is 19.4. The summed E-state index contributed by atoms with van der Waals surface area (Å²) in [6.45, 7) is 0.225. The second-order valence-corrected chi connectivity index (χ2v) is 6.12. The van der Waals surface area contributed by atoms with E-state index < -0.39 is 6.09 Å². The maximum absolute atomic E-state index is 11.7. The van der Waals surface area contributed by atoms with Gasteiger partial charge in [-0.25, -0.2) is 9.78 Å². The minimum atomic E-state index is -0.593. The highest BCUT2D eigenvalue weighted by molar-refractivity contribution is 6.12. The first-order valence-corrected chi connectivity index (χ1v) is 8.75. The molecule has 0 aliphatic rings. The Morgan fingerprint density at radius 3 is 2.64 bits per heavy atom. The summed E-state index contributed by atoms with van der Waals surface area (Å²) < 4.78 is 16.8. The van der Waals surface area contributed by atoms with E-state index in [2.05, 4.69) is 15.3 Å². The molecule has 2 N–H and O–H groups in total. The molecule has 0 atom stereocenters. The first-order valence-electron chi connectivity index (χ1n) is 8.75. The van der Waals surface area contributed by atoms with E-state index in [1.807, 2.05) is 48.5 Å². The molecule has 0 saturated carbocycles. The fourth-order valence-corrected chi connectivity index (χ4v) is 3.16. The van der Waals surface area contributed by atoms with E-state index in [4.69, 9.17) is 14.2 Å². The van der Waals surface area contributed by atoms with Crippen molar-refractivity contribution in [2.75, 3.05) is 14.2 Å². The van der Waals surface area contributed by atoms with Crippen LogP contribution >= 0.6 is 0 Å². The van der Waals surface area contributed by atoms with Crippen molar-refractivity contribution in [2.24, 2.45) is 0 Å². The second kappa shape index (κ2) is 7.58. The molecule has 0 saturated heterocycles. The van der Waals surface area contributed by atoms with Crippen LogP contribution in [0.25, 0.3) is 21.8 Å². The van der Waals surface area contributed by atoms with E-state index in [0.717, 1.165) is 27.6 Å². The van der Waals surface area contributed by atoms with E-state index in [9.17, 15) is 4.79 Å². The van der Waals surface area contributed by atoms with Gasteiger partial charge in [-0.3, -0.25) is 0 Å². The molecule has 0 spiro atoms. The Balaban J connectivity index is 1.94. The predicted molar refractivity (Wildman–Crippen MR) is 106 cm³/mol. The Morgan fingerprint density at radius 2 is 1.89 bits per heavy atom. The number of amides is 1. The quantitative estimate of drug-likeness (QED) is 0.539. The maximum Gasteiger partial charge on any atom is 0.413 e. The van der Waals surface area contributed by atoms with Crippen molar-refractivity contribution in [1.29, 1.82) is 0 Å². The number of H-pyrrole nitrogens is 1. The topological polar surface area (TPSA) is 85.5 Å². The molecule has 0 aliphatic heterocycles. The number of aromatic nitrogens is 2. The molecular weight excluding hydrogens is 358 g/mol. The smallest absolute Gasteiger partial charge is 0.413 e. The average molecular weight is 377 g/mol. The van der Waals surface area contributed by atoms with Gasteiger partial charge in [0.15, 0.2) is 0 Å². The lowest BCUT2D eigenvalue weighted by Gasteiger charge is -2.11. The fraction of sp³-hybridized carbons (Fsp3) is 0.143. The van der Waals surface area contributed by atoms with Gasteiger partial charge in [0.25, 0.3) is 0 Å². The molecule has 2 heterocycles. The van der Waals surface area contributed by atoms with Gasteiger partial charge in [-0.1, -0.05) is 24.3 Å². The van der Waals surface area contributed by atoms with Crippen molar-refractivity contribution in [3.63, 3.8) is 0 Å². The van der Waals surface area contributed by atoms with Gasteiger partial charge in [0, 0.05) is 19.5 Å². The summed E-state index contributed by atoms with van der Waals surface area (Å²) >= 11 is 0. The van der Waals surface area contributed by atoms with Crippen LogP contribution in [0.3, 0.4) is 0 Å². The van der Waals surface area contributed by atoms with E-state index in [0.29, 0.717) is 11.3 Å². The van der Waals surface area contributed by atoms with Crippen molar-refractivity contribution < 1.29 is 19.0 Å². The molecule has 2 aromatic heterocycles. The Bertz CT molecular complexity index is 1140. The van der Waals surface area contributed by atoms with Crippen LogP contribution in [0.2, 0.25) is 0 Å². The van der Waals surface area contributed by atoms with Crippen molar-refractivity contribution in [2.45, 2.75) is 6.61 Å². The number of hydrogen-bond donors (Lipinski definition) is 2. The van der Waals surface area contributed by atoms with Gasteiger partial charge in [0.1, 0.15) is 11.5 Å². The fourth-order valence-electron chi connectivity index (χ4n) is 3.16. The Morgan fingerprint density at radius 1 is 1.07 bits per heavy atom. The SMILES string of the molecule is CNC(=O)Oc1ncc2[nH]c3cccc(Oc4ccccc4)c3c2c1COC. The molecular formula is C21H19N3O4. The molecule has 7 heteroatoms. The number of fused-ring (bicyclic) bond motifs is 3. The van der Waals surface area contributed by atoms with Crippen LogP contribution in [0, 0.1) is 0 Å². The molecule has 4 aromatic rings. The summed E-state index contributed by atoms with van der Waals surface area (Å²) in [5, 5.41) is 4.15. The van der Waals surface area contributed by atoms with Gasteiger partial charge >= 0.3 is 6.09 Å². The first-order chi connectivity index (χ1) is 13.7. The third-order valence-corrected chi connectivity index (χ3v) is 4.34. The van der Waals surface area contributed by atoms with Gasteiger partial charge < -0.3 is 24.5 Å². The Labute approximate surface area is 161 Å². The lowest BCUT2D eigenvalue weighted by atomic mass is 10.1. The molecule has 4 rings (SSSR count). The number of ether oxygens (including phenoxy) is 3. The number of pyridine rings is 1. The first kappa shape index (κ1) is 17.8. The predicted octanol–water partition coefficient (Wildman–Crippen LogP) is 4.37. The summed E-state index contributed by atoms with van der Waals surface area (Å²) in [5.41, 5.74) is 2.36. The number of nitrogens with one attached hydrogen (secondary N) is 2. The van der Waals surface area contributed by atoms with Crippen LogP contribution < -0.4 is 14.8 Å². The summed E-state index contributed by atoms with van der Waals surface area (Å²) in [6.07, 6.45) is 1.05. The average Bonchev–Trinajstić information content (AvgIpc) is 3.10. The number of carbonyl (C=O) groups excluding carboxylic acids is 1. The van der Waals surface area contributed by atoms with Gasteiger partial charge in [0.2, 0.25) is 5.88 Å². The number of rotatable bonds is 5. The lowest BCUT2D eigenvalue weighted by Crippen LogP contribution is -2.23. The number of hydrogen-bond acceptors (Lipinski definition) is 5. The number of para-hydroxylation sites is 1. The molecule has 0 fully saturated rings. The molecule has 142 valence electrons. The molecule has 7 nitrogen and oxygen atoms in total. The molecule has 2 aromatic carbocycles. The van der Waals surface area contributed by atoms with Crippen LogP contribution in [0.15, 0.2) is 54.7 Å². The summed E-state index contributed by atoms with van der Waals surface area (Å²) in [6, 6.07) is 15.3. The standard InChI is InChI=1S/C21H19N3O4/c1-22-21(25)28-20-14(12-26-2)18-16(11-23-20)24-15-9-6-10-17(19(15)18)27-13-7-4-3-5-8-13/h3-11,24H,12H2,1-2H3,(H,22,25). The van der Waals surface area contributed by atoms with Gasteiger partial charge in [-0.2, -0.15) is 0 Å². The molecule has 1 amide bonds. The Kier molecular flexibility index (Phi) is 4.82. The normalized spacial score (nSPS) is 10.9. The number of methoxy groups -OCH3 is 1. The van der Waals surface area contributed by atoms with Gasteiger partial charge in [0.05, 0.1) is 34.8 Å². The van der Waals surface area contributed by atoms with Gasteiger partial charge in [-0.05, 0) is 24.3 Å². The largest absolute Gasteiger partial charge is 0.457 e. The molecule has 0 unspecified atom stereocenters. The number of benzene rings is 2. The minimum Gasteiger partial charge on any atom is -0.457 e. The minimum absolute atomic E-state index is 0.198. The molecule has 0 bridgehead atoms. The Hall–Kier alpha value is -3.58. The van der Waals surface area contributed by atoms with Crippen molar-refractivity contribution in [3.05, 3.63) is 60.3 Å². The van der Waals surface area contributed by atoms with Crippen LogP contribution in [-0.2, 0) is 11.3 Å². The number of carbonyl (C=O) groups is 1.